The second kappa shape index (κ2) is 8.00. The highest BCUT2D eigenvalue weighted by Crippen LogP contribution is 2.15. The van der Waals surface area contributed by atoms with Crippen LogP contribution < -0.4 is 10.6 Å². The zero-order chi connectivity index (χ0) is 19.3. The van der Waals surface area contributed by atoms with E-state index in [0.717, 1.165) is 34.6 Å². The monoisotopic (exact) mass is 374 g/mol. The number of carbonyl (C=O) groups excluding carboxylic acids is 2. The van der Waals surface area contributed by atoms with E-state index >= 15 is 0 Å². The van der Waals surface area contributed by atoms with Crippen LogP contribution in [0.4, 0.5) is 0 Å². The van der Waals surface area contributed by atoms with Crippen LogP contribution in [0, 0.1) is 0 Å². The van der Waals surface area contributed by atoms with Gasteiger partial charge in [0.1, 0.15) is 11.4 Å². The molecule has 0 spiro atoms. The summed E-state index contributed by atoms with van der Waals surface area (Å²) >= 11 is 0. The van der Waals surface area contributed by atoms with Gasteiger partial charge in [-0.2, -0.15) is 0 Å². The molecule has 2 aromatic carbocycles. The maximum Gasteiger partial charge on any atom is 0.267 e. The number of para-hydroxylation sites is 2. The SMILES string of the molecule is O=C(NCCCCNC(=O)c1cc2ccccc2[nH]1)c1cc2ccccc2[nH]1. The predicted octanol–water partition coefficient (Wildman–Crippen LogP) is 3.59. The van der Waals surface area contributed by atoms with Crippen molar-refractivity contribution in [2.75, 3.05) is 13.1 Å². The summed E-state index contributed by atoms with van der Waals surface area (Å²) in [5.74, 6) is -0.225. The van der Waals surface area contributed by atoms with Crippen molar-refractivity contribution in [2.24, 2.45) is 0 Å². The molecule has 0 aliphatic carbocycles. The lowest BCUT2D eigenvalue weighted by Crippen LogP contribution is -2.27. The fourth-order valence-corrected chi connectivity index (χ4v) is 3.24. The van der Waals surface area contributed by atoms with Crippen molar-refractivity contribution >= 4 is 33.6 Å². The van der Waals surface area contributed by atoms with Crippen molar-refractivity contribution in [3.05, 3.63) is 72.1 Å². The third-order valence-corrected chi connectivity index (χ3v) is 4.72. The van der Waals surface area contributed by atoms with Crippen LogP contribution in [0.2, 0.25) is 0 Å². The quantitative estimate of drug-likeness (QED) is 0.372. The summed E-state index contributed by atoms with van der Waals surface area (Å²) in [6.45, 7) is 1.13. The zero-order valence-corrected chi connectivity index (χ0v) is 15.4. The Morgan fingerprint density at radius 3 is 1.54 bits per heavy atom. The molecule has 0 radical (unpaired) electrons. The van der Waals surface area contributed by atoms with Crippen LogP contribution in [0.15, 0.2) is 60.7 Å². The molecule has 0 saturated carbocycles. The summed E-state index contributed by atoms with van der Waals surface area (Å²) in [6, 6.07) is 19.3. The van der Waals surface area contributed by atoms with Gasteiger partial charge in [-0.3, -0.25) is 9.59 Å². The normalized spacial score (nSPS) is 11.0. The molecule has 28 heavy (non-hydrogen) atoms. The van der Waals surface area contributed by atoms with Gasteiger partial charge >= 0.3 is 0 Å². The second-order valence-corrected chi connectivity index (χ2v) is 6.76. The van der Waals surface area contributed by atoms with Gasteiger partial charge in [-0.15, -0.1) is 0 Å². The molecule has 4 N–H and O–H groups in total. The third kappa shape index (κ3) is 3.91. The van der Waals surface area contributed by atoms with E-state index in [9.17, 15) is 9.59 Å². The van der Waals surface area contributed by atoms with Crippen LogP contribution in [0.25, 0.3) is 21.8 Å². The number of rotatable bonds is 7. The van der Waals surface area contributed by atoms with Gasteiger partial charge in [0.2, 0.25) is 0 Å². The van der Waals surface area contributed by atoms with E-state index in [4.69, 9.17) is 0 Å². The van der Waals surface area contributed by atoms with Gasteiger partial charge in [0.05, 0.1) is 0 Å². The molecular formula is C22H22N4O2. The Morgan fingerprint density at radius 2 is 1.11 bits per heavy atom. The van der Waals surface area contributed by atoms with Gasteiger partial charge in [0.25, 0.3) is 11.8 Å². The fourth-order valence-electron chi connectivity index (χ4n) is 3.24. The van der Waals surface area contributed by atoms with E-state index in [1.165, 1.54) is 0 Å². The maximum absolute atomic E-state index is 12.2. The van der Waals surface area contributed by atoms with Gasteiger partial charge in [-0.05, 0) is 37.1 Å². The molecule has 6 nitrogen and oxygen atoms in total. The molecule has 6 heteroatoms. The van der Waals surface area contributed by atoms with Crippen molar-refractivity contribution in [1.82, 2.24) is 20.6 Å². The lowest BCUT2D eigenvalue weighted by molar-refractivity contribution is 0.0935. The number of nitrogens with one attached hydrogen (secondary N) is 4. The number of unbranched alkanes of at least 4 members (excludes halogenated alkanes) is 1. The second-order valence-electron chi connectivity index (χ2n) is 6.76. The highest BCUT2D eigenvalue weighted by atomic mass is 16.2. The van der Waals surface area contributed by atoms with E-state index < -0.39 is 0 Å². The van der Waals surface area contributed by atoms with E-state index in [1.54, 1.807) is 0 Å². The van der Waals surface area contributed by atoms with Crippen molar-refractivity contribution in [3.8, 4) is 0 Å². The smallest absolute Gasteiger partial charge is 0.267 e. The number of carbonyl (C=O) groups is 2. The summed E-state index contributed by atoms with van der Waals surface area (Å²) in [5.41, 5.74) is 3.03. The summed E-state index contributed by atoms with van der Waals surface area (Å²) in [7, 11) is 0. The molecule has 0 atom stereocenters. The van der Waals surface area contributed by atoms with Crippen LogP contribution in [-0.2, 0) is 0 Å². The molecule has 0 saturated heterocycles. The number of hydrogen-bond acceptors (Lipinski definition) is 2. The first-order valence-electron chi connectivity index (χ1n) is 9.42. The Hall–Kier alpha value is -3.54. The Kier molecular flexibility index (Phi) is 5.10. The molecule has 0 aliphatic heterocycles. The van der Waals surface area contributed by atoms with E-state index in [-0.39, 0.29) is 11.8 Å². The van der Waals surface area contributed by atoms with Gasteiger partial charge in [0, 0.05) is 34.9 Å². The minimum absolute atomic E-state index is 0.113. The zero-order valence-electron chi connectivity index (χ0n) is 15.4. The highest BCUT2D eigenvalue weighted by molar-refractivity contribution is 5.98. The van der Waals surface area contributed by atoms with Crippen LogP contribution in [0.1, 0.15) is 33.8 Å². The minimum atomic E-state index is -0.113. The van der Waals surface area contributed by atoms with Gasteiger partial charge in [-0.25, -0.2) is 0 Å². The number of aromatic amines is 2. The first-order chi connectivity index (χ1) is 13.7. The van der Waals surface area contributed by atoms with Crippen LogP contribution in [-0.4, -0.2) is 34.9 Å². The molecule has 142 valence electrons. The summed E-state index contributed by atoms with van der Waals surface area (Å²) < 4.78 is 0. The Bertz CT molecular complexity index is 970. The van der Waals surface area contributed by atoms with Crippen molar-refractivity contribution in [3.63, 3.8) is 0 Å². The van der Waals surface area contributed by atoms with Crippen LogP contribution in [0.3, 0.4) is 0 Å². The fraction of sp³-hybridized carbons (Fsp3) is 0.182. The molecule has 4 rings (SSSR count). The molecule has 2 amide bonds. The summed E-state index contributed by atoms with van der Waals surface area (Å²) in [5, 5.41) is 7.86. The number of fused-ring (bicyclic) bond motifs is 2. The first-order valence-corrected chi connectivity index (χ1v) is 9.42. The Labute approximate surface area is 162 Å². The van der Waals surface area contributed by atoms with Crippen molar-refractivity contribution < 1.29 is 9.59 Å². The standard InChI is InChI=1S/C22H22N4O2/c27-21(19-13-15-7-1-3-9-17(15)25-19)23-11-5-6-12-24-22(28)20-14-16-8-2-4-10-18(16)26-20/h1-4,7-10,13-14,25-26H,5-6,11-12H2,(H,23,27)(H,24,28). The maximum atomic E-state index is 12.2. The van der Waals surface area contributed by atoms with E-state index in [1.807, 2.05) is 60.7 Å². The van der Waals surface area contributed by atoms with E-state index in [0.29, 0.717) is 24.5 Å². The molecule has 0 bridgehead atoms. The number of H-pyrrole nitrogens is 2. The topological polar surface area (TPSA) is 89.8 Å². The predicted molar refractivity (Wildman–Crippen MR) is 110 cm³/mol. The molecule has 0 unspecified atom stereocenters. The number of amides is 2. The number of aromatic nitrogens is 2. The number of hydrogen-bond donors (Lipinski definition) is 4. The minimum Gasteiger partial charge on any atom is -0.351 e. The largest absolute Gasteiger partial charge is 0.351 e. The Morgan fingerprint density at radius 1 is 0.679 bits per heavy atom. The first kappa shape index (κ1) is 17.9. The highest BCUT2D eigenvalue weighted by Gasteiger charge is 2.10. The number of benzene rings is 2. The average molecular weight is 374 g/mol. The van der Waals surface area contributed by atoms with Crippen LogP contribution >= 0.6 is 0 Å². The molecule has 0 fully saturated rings. The molecule has 0 aliphatic rings. The van der Waals surface area contributed by atoms with Crippen molar-refractivity contribution in [2.45, 2.75) is 12.8 Å². The molecular weight excluding hydrogens is 352 g/mol. The summed E-state index contributed by atoms with van der Waals surface area (Å²) in [4.78, 5) is 30.7. The van der Waals surface area contributed by atoms with Crippen LogP contribution in [0.5, 0.6) is 0 Å². The average Bonchev–Trinajstić information content (AvgIpc) is 3.34. The summed E-state index contributed by atoms with van der Waals surface area (Å²) in [6.07, 6.45) is 1.58. The Balaban J connectivity index is 1.18. The molecule has 2 aromatic heterocycles. The molecule has 2 heterocycles. The van der Waals surface area contributed by atoms with Gasteiger partial charge in [-0.1, -0.05) is 36.4 Å². The lowest BCUT2D eigenvalue weighted by Gasteiger charge is -2.05. The van der Waals surface area contributed by atoms with Gasteiger partial charge < -0.3 is 20.6 Å². The lowest BCUT2D eigenvalue weighted by atomic mass is 10.2. The van der Waals surface area contributed by atoms with E-state index in [2.05, 4.69) is 20.6 Å². The molecule has 4 aromatic rings. The van der Waals surface area contributed by atoms with Crippen molar-refractivity contribution in [1.29, 1.82) is 0 Å². The van der Waals surface area contributed by atoms with Gasteiger partial charge in [0.15, 0.2) is 0 Å². The third-order valence-electron chi connectivity index (χ3n) is 4.72.